The summed E-state index contributed by atoms with van der Waals surface area (Å²) in [4.78, 5) is 12.4. The Morgan fingerprint density at radius 1 is 1.11 bits per heavy atom. The predicted octanol–water partition coefficient (Wildman–Crippen LogP) is 5.34. The lowest BCUT2D eigenvalue weighted by molar-refractivity contribution is -0.137. The Kier molecular flexibility index (Phi) is 8.07. The molecule has 1 heterocycles. The summed E-state index contributed by atoms with van der Waals surface area (Å²) >= 11 is 12.2. The van der Waals surface area contributed by atoms with Gasteiger partial charge in [0.05, 0.1) is 23.7 Å². The molecule has 0 saturated heterocycles. The van der Waals surface area contributed by atoms with E-state index in [9.17, 15) is 26.4 Å². The van der Waals surface area contributed by atoms with Gasteiger partial charge in [0.15, 0.2) is 0 Å². The molecule has 0 aliphatic heterocycles. The molecule has 7 nitrogen and oxygen atoms in total. The third kappa shape index (κ3) is 6.59. The number of alkyl halides is 3. The largest absolute Gasteiger partial charge is 0.416 e. The van der Waals surface area contributed by atoms with Crippen LogP contribution >= 0.6 is 23.2 Å². The Morgan fingerprint density at radius 3 is 2.33 bits per heavy atom. The van der Waals surface area contributed by atoms with Gasteiger partial charge < -0.3 is 4.57 Å². The SMILES string of the molecule is Cc1cc(/C=N\NC(=O)CN(c2cccc(C(F)(F)F)c2)S(C)(=O)=O)c(C)n1-c1cc(Cl)cc(Cl)c1. The van der Waals surface area contributed by atoms with Gasteiger partial charge in [-0.2, -0.15) is 18.3 Å². The number of hydrazone groups is 1. The van der Waals surface area contributed by atoms with E-state index in [4.69, 9.17) is 23.2 Å². The number of amides is 1. The van der Waals surface area contributed by atoms with E-state index in [0.717, 1.165) is 35.5 Å². The van der Waals surface area contributed by atoms with Crippen molar-refractivity contribution in [2.45, 2.75) is 20.0 Å². The summed E-state index contributed by atoms with van der Waals surface area (Å²) < 4.78 is 66.0. The first-order chi connectivity index (χ1) is 16.7. The topological polar surface area (TPSA) is 83.8 Å². The molecule has 0 aliphatic carbocycles. The highest BCUT2D eigenvalue weighted by atomic mass is 35.5. The highest BCUT2D eigenvalue weighted by molar-refractivity contribution is 7.92. The predicted molar refractivity (Wildman–Crippen MR) is 135 cm³/mol. The van der Waals surface area contributed by atoms with Gasteiger partial charge in [-0.15, -0.1) is 0 Å². The van der Waals surface area contributed by atoms with Crippen LogP contribution in [-0.4, -0.2) is 37.9 Å². The summed E-state index contributed by atoms with van der Waals surface area (Å²) in [5.74, 6) is -0.843. The van der Waals surface area contributed by atoms with Gasteiger partial charge in [0.2, 0.25) is 10.0 Å². The number of nitrogens with one attached hydrogen (secondary N) is 1. The molecular weight excluding hydrogens is 540 g/mol. The Labute approximate surface area is 216 Å². The summed E-state index contributed by atoms with van der Waals surface area (Å²) in [7, 11) is -4.07. The molecule has 13 heteroatoms. The van der Waals surface area contributed by atoms with Crippen molar-refractivity contribution in [2.24, 2.45) is 5.10 Å². The highest BCUT2D eigenvalue weighted by Crippen LogP contribution is 2.32. The van der Waals surface area contributed by atoms with Crippen molar-refractivity contribution < 1.29 is 26.4 Å². The second-order valence-electron chi connectivity index (χ2n) is 7.90. The van der Waals surface area contributed by atoms with Crippen molar-refractivity contribution >= 4 is 51.0 Å². The number of anilines is 1. The van der Waals surface area contributed by atoms with Crippen molar-refractivity contribution in [3.05, 3.63) is 81.1 Å². The quantitative estimate of drug-likeness (QED) is 0.313. The van der Waals surface area contributed by atoms with Gasteiger partial charge in [-0.1, -0.05) is 29.3 Å². The third-order valence-corrected chi connectivity index (χ3v) is 6.69. The van der Waals surface area contributed by atoms with Gasteiger partial charge in [-0.3, -0.25) is 9.10 Å². The lowest BCUT2D eigenvalue weighted by Crippen LogP contribution is -2.39. The maximum absolute atomic E-state index is 13.0. The fourth-order valence-electron chi connectivity index (χ4n) is 3.56. The molecule has 36 heavy (non-hydrogen) atoms. The second-order valence-corrected chi connectivity index (χ2v) is 10.7. The Bertz CT molecular complexity index is 1420. The number of hydrogen-bond acceptors (Lipinski definition) is 4. The highest BCUT2D eigenvalue weighted by Gasteiger charge is 2.32. The maximum atomic E-state index is 13.0. The number of hydrogen-bond donors (Lipinski definition) is 1. The van der Waals surface area contributed by atoms with E-state index in [0.29, 0.717) is 26.0 Å². The minimum atomic E-state index is -4.67. The molecule has 0 spiro atoms. The minimum Gasteiger partial charge on any atom is -0.318 e. The van der Waals surface area contributed by atoms with Gasteiger partial charge >= 0.3 is 6.18 Å². The Balaban J connectivity index is 1.78. The van der Waals surface area contributed by atoms with Crippen LogP contribution in [0, 0.1) is 13.8 Å². The molecule has 0 fully saturated rings. The summed E-state index contributed by atoms with van der Waals surface area (Å²) in [5.41, 5.74) is 3.87. The Hall–Kier alpha value is -3.02. The molecule has 0 radical (unpaired) electrons. The molecule has 0 atom stereocenters. The molecular formula is C23H21Cl2F3N4O3S. The van der Waals surface area contributed by atoms with Crippen molar-refractivity contribution in [2.75, 3.05) is 17.1 Å². The molecule has 3 aromatic rings. The van der Waals surface area contributed by atoms with Gasteiger partial charge in [-0.25, -0.2) is 13.8 Å². The normalized spacial score (nSPS) is 12.2. The molecule has 2 aromatic carbocycles. The fourth-order valence-corrected chi connectivity index (χ4v) is 4.92. The van der Waals surface area contributed by atoms with Crippen LogP contribution < -0.4 is 9.73 Å². The number of halogens is 5. The van der Waals surface area contributed by atoms with E-state index in [-0.39, 0.29) is 5.69 Å². The molecule has 1 N–H and O–H groups in total. The average molecular weight is 561 g/mol. The van der Waals surface area contributed by atoms with Crippen LogP contribution in [0.4, 0.5) is 18.9 Å². The van der Waals surface area contributed by atoms with Gasteiger partial charge in [0.25, 0.3) is 5.91 Å². The summed E-state index contributed by atoms with van der Waals surface area (Å²) in [6.45, 7) is 2.91. The lowest BCUT2D eigenvalue weighted by atomic mass is 10.2. The molecule has 0 aliphatic rings. The van der Waals surface area contributed by atoms with Crippen LogP contribution in [0.25, 0.3) is 5.69 Å². The minimum absolute atomic E-state index is 0.296. The van der Waals surface area contributed by atoms with Crippen LogP contribution in [0.3, 0.4) is 0 Å². The standard InChI is InChI=1S/C23H21Cl2F3N4O3S/c1-14-7-16(15(2)32(14)21-10-18(24)9-19(25)11-21)12-29-30-22(33)13-31(36(3,34)35)20-6-4-5-17(8-20)23(26,27)28/h4-12H,13H2,1-3H3,(H,30,33)/b29-12-. The van der Waals surface area contributed by atoms with Gasteiger partial charge in [-0.05, 0) is 56.3 Å². The average Bonchev–Trinajstić information content (AvgIpc) is 3.03. The van der Waals surface area contributed by atoms with E-state index in [1.165, 1.54) is 12.3 Å². The van der Waals surface area contributed by atoms with Crippen LogP contribution in [0.1, 0.15) is 22.5 Å². The van der Waals surface area contributed by atoms with Crippen LogP contribution in [0.2, 0.25) is 10.0 Å². The molecule has 192 valence electrons. The zero-order chi connectivity index (χ0) is 26.8. The number of rotatable bonds is 7. The number of nitrogens with zero attached hydrogens (tertiary/aromatic N) is 3. The van der Waals surface area contributed by atoms with E-state index in [1.807, 2.05) is 24.5 Å². The summed E-state index contributed by atoms with van der Waals surface area (Å²) in [5, 5.41) is 4.80. The van der Waals surface area contributed by atoms with Crippen LogP contribution in [0.15, 0.2) is 53.6 Å². The number of aromatic nitrogens is 1. The fraction of sp³-hybridized carbons (Fsp3) is 0.217. The van der Waals surface area contributed by atoms with Crippen molar-refractivity contribution in [1.29, 1.82) is 0 Å². The molecule has 0 unspecified atom stereocenters. The van der Waals surface area contributed by atoms with Crippen molar-refractivity contribution in [3.63, 3.8) is 0 Å². The number of benzene rings is 2. The van der Waals surface area contributed by atoms with Crippen molar-refractivity contribution in [3.8, 4) is 5.69 Å². The van der Waals surface area contributed by atoms with Crippen molar-refractivity contribution in [1.82, 2.24) is 9.99 Å². The molecule has 1 aromatic heterocycles. The second kappa shape index (κ2) is 10.5. The monoisotopic (exact) mass is 560 g/mol. The Morgan fingerprint density at radius 2 is 1.75 bits per heavy atom. The zero-order valence-electron chi connectivity index (χ0n) is 19.3. The van der Waals surface area contributed by atoms with Gasteiger partial charge in [0.1, 0.15) is 6.54 Å². The maximum Gasteiger partial charge on any atom is 0.416 e. The number of carbonyl (C=O) groups is 1. The number of sulfonamides is 1. The number of aryl methyl sites for hydroxylation is 1. The smallest absolute Gasteiger partial charge is 0.318 e. The third-order valence-electron chi connectivity index (χ3n) is 5.12. The van der Waals surface area contributed by atoms with Crippen LogP contribution in [-0.2, 0) is 21.0 Å². The van der Waals surface area contributed by atoms with Gasteiger partial charge in [0, 0.05) is 32.7 Å². The molecule has 0 bridgehead atoms. The summed E-state index contributed by atoms with van der Waals surface area (Å²) in [6, 6.07) is 10.6. The first kappa shape index (κ1) is 27.6. The number of carbonyl (C=O) groups excluding carboxylic acids is 1. The van der Waals surface area contributed by atoms with Crippen LogP contribution in [0.5, 0.6) is 0 Å². The molecule has 3 rings (SSSR count). The van der Waals surface area contributed by atoms with E-state index in [1.54, 1.807) is 18.2 Å². The lowest BCUT2D eigenvalue weighted by Gasteiger charge is -2.22. The first-order valence-corrected chi connectivity index (χ1v) is 12.9. The van der Waals surface area contributed by atoms with E-state index in [2.05, 4.69) is 10.5 Å². The first-order valence-electron chi connectivity index (χ1n) is 10.3. The molecule has 0 saturated carbocycles. The van der Waals surface area contributed by atoms with E-state index < -0.39 is 34.2 Å². The molecule has 1 amide bonds. The zero-order valence-corrected chi connectivity index (χ0v) is 21.6. The summed E-state index contributed by atoms with van der Waals surface area (Å²) in [6.07, 6.45) is -2.51. The van der Waals surface area contributed by atoms with E-state index >= 15 is 0 Å².